The second kappa shape index (κ2) is 6.84. The SMILES string of the molecule is CCn1c(-c2ccccc2)c(C(=O)O)c(=O)c2cccc(CC(=O)O)c21. The maximum absolute atomic E-state index is 12.9. The van der Waals surface area contributed by atoms with Gasteiger partial charge >= 0.3 is 11.9 Å². The summed E-state index contributed by atoms with van der Waals surface area (Å²) in [5, 5.41) is 19.1. The van der Waals surface area contributed by atoms with Crippen molar-refractivity contribution in [3.63, 3.8) is 0 Å². The van der Waals surface area contributed by atoms with Gasteiger partial charge < -0.3 is 14.8 Å². The maximum Gasteiger partial charge on any atom is 0.341 e. The minimum atomic E-state index is -1.30. The molecular formula is C20H17NO5. The van der Waals surface area contributed by atoms with Gasteiger partial charge in [-0.3, -0.25) is 9.59 Å². The summed E-state index contributed by atoms with van der Waals surface area (Å²) >= 11 is 0. The van der Waals surface area contributed by atoms with E-state index < -0.39 is 17.4 Å². The van der Waals surface area contributed by atoms with Crippen molar-refractivity contribution >= 4 is 22.8 Å². The van der Waals surface area contributed by atoms with Crippen molar-refractivity contribution in [2.45, 2.75) is 19.9 Å². The molecular weight excluding hydrogens is 334 g/mol. The van der Waals surface area contributed by atoms with Crippen LogP contribution in [0.3, 0.4) is 0 Å². The Labute approximate surface area is 148 Å². The normalized spacial score (nSPS) is 10.8. The molecule has 1 heterocycles. The Balaban J connectivity index is 2.56. The van der Waals surface area contributed by atoms with Crippen LogP contribution in [0.5, 0.6) is 0 Å². The van der Waals surface area contributed by atoms with Crippen LogP contribution in [0, 0.1) is 0 Å². The number of nitrogens with zero attached hydrogens (tertiary/aromatic N) is 1. The van der Waals surface area contributed by atoms with Gasteiger partial charge in [-0.2, -0.15) is 0 Å². The Bertz CT molecular complexity index is 1070. The highest BCUT2D eigenvalue weighted by atomic mass is 16.4. The van der Waals surface area contributed by atoms with Gasteiger partial charge in [0, 0.05) is 11.9 Å². The van der Waals surface area contributed by atoms with E-state index in [0.717, 1.165) is 0 Å². The highest BCUT2D eigenvalue weighted by molar-refractivity contribution is 6.00. The van der Waals surface area contributed by atoms with Crippen molar-refractivity contribution in [3.8, 4) is 11.3 Å². The number of aryl methyl sites for hydroxylation is 1. The molecule has 2 aromatic carbocycles. The van der Waals surface area contributed by atoms with Gasteiger partial charge in [0.1, 0.15) is 5.56 Å². The molecule has 132 valence electrons. The summed E-state index contributed by atoms with van der Waals surface area (Å²) in [4.78, 5) is 36.1. The molecule has 0 bridgehead atoms. The molecule has 0 atom stereocenters. The largest absolute Gasteiger partial charge is 0.481 e. The van der Waals surface area contributed by atoms with Gasteiger partial charge in [0.05, 0.1) is 17.6 Å². The Morgan fingerprint density at radius 1 is 1.00 bits per heavy atom. The number of hydrogen-bond donors (Lipinski definition) is 2. The van der Waals surface area contributed by atoms with E-state index >= 15 is 0 Å². The molecule has 3 rings (SSSR count). The molecule has 3 aromatic rings. The fraction of sp³-hybridized carbons (Fsp3) is 0.150. The van der Waals surface area contributed by atoms with Crippen molar-refractivity contribution in [2.24, 2.45) is 0 Å². The number of hydrogen-bond acceptors (Lipinski definition) is 3. The zero-order chi connectivity index (χ0) is 18.8. The van der Waals surface area contributed by atoms with E-state index in [9.17, 15) is 24.6 Å². The second-order valence-corrected chi connectivity index (χ2v) is 5.85. The molecule has 0 saturated carbocycles. The van der Waals surface area contributed by atoms with Gasteiger partial charge in [-0.25, -0.2) is 4.79 Å². The van der Waals surface area contributed by atoms with Crippen LogP contribution in [-0.4, -0.2) is 26.7 Å². The summed E-state index contributed by atoms with van der Waals surface area (Å²) in [5.41, 5.74) is 0.905. The fourth-order valence-corrected chi connectivity index (χ4v) is 3.30. The molecule has 0 amide bonds. The van der Waals surface area contributed by atoms with E-state index in [1.165, 1.54) is 6.07 Å². The summed E-state index contributed by atoms with van der Waals surface area (Å²) in [7, 11) is 0. The topological polar surface area (TPSA) is 96.6 Å². The Morgan fingerprint density at radius 2 is 1.69 bits per heavy atom. The molecule has 6 heteroatoms. The third kappa shape index (κ3) is 2.86. The lowest BCUT2D eigenvalue weighted by Gasteiger charge is -2.20. The molecule has 0 aliphatic carbocycles. The number of benzene rings is 2. The molecule has 0 aliphatic rings. The van der Waals surface area contributed by atoms with E-state index in [1.807, 2.05) is 6.92 Å². The fourth-order valence-electron chi connectivity index (χ4n) is 3.30. The standard InChI is InChI=1S/C20H17NO5/c1-2-21-17-13(11-15(22)23)9-6-10-14(17)19(24)16(20(25)26)18(21)12-7-4-3-5-8-12/h3-10H,2,11H2,1H3,(H,22,23)(H,25,26). The van der Waals surface area contributed by atoms with Gasteiger partial charge in [-0.05, 0) is 24.1 Å². The van der Waals surface area contributed by atoms with Crippen LogP contribution in [0.25, 0.3) is 22.2 Å². The highest BCUT2D eigenvalue weighted by Gasteiger charge is 2.24. The monoisotopic (exact) mass is 351 g/mol. The predicted octanol–water partition coefficient (Wildman–Crippen LogP) is 3.01. The third-order valence-corrected chi connectivity index (χ3v) is 4.29. The molecule has 26 heavy (non-hydrogen) atoms. The van der Waals surface area contributed by atoms with E-state index in [-0.39, 0.29) is 23.1 Å². The average molecular weight is 351 g/mol. The molecule has 6 nitrogen and oxygen atoms in total. The lowest BCUT2D eigenvalue weighted by molar-refractivity contribution is -0.136. The first-order chi connectivity index (χ1) is 12.5. The molecule has 2 N–H and O–H groups in total. The number of fused-ring (bicyclic) bond motifs is 1. The molecule has 0 fully saturated rings. The van der Waals surface area contributed by atoms with Gasteiger partial charge in [-0.1, -0.05) is 42.5 Å². The zero-order valence-electron chi connectivity index (χ0n) is 14.1. The van der Waals surface area contributed by atoms with Crippen LogP contribution in [0.1, 0.15) is 22.8 Å². The summed E-state index contributed by atoms with van der Waals surface area (Å²) < 4.78 is 1.72. The van der Waals surface area contributed by atoms with E-state index in [2.05, 4.69) is 0 Å². The Kier molecular flexibility index (Phi) is 4.58. The predicted molar refractivity (Wildman–Crippen MR) is 97.6 cm³/mol. The summed E-state index contributed by atoms with van der Waals surface area (Å²) in [6, 6.07) is 13.6. The molecule has 0 unspecified atom stereocenters. The van der Waals surface area contributed by atoms with Gasteiger partial charge in [-0.15, -0.1) is 0 Å². The van der Waals surface area contributed by atoms with Crippen molar-refractivity contribution in [3.05, 3.63) is 69.9 Å². The first-order valence-corrected chi connectivity index (χ1v) is 8.14. The summed E-state index contributed by atoms with van der Waals surface area (Å²) in [5.74, 6) is -2.32. The van der Waals surface area contributed by atoms with Crippen molar-refractivity contribution in [1.29, 1.82) is 0 Å². The minimum absolute atomic E-state index is 0.211. The lowest BCUT2D eigenvalue weighted by atomic mass is 9.98. The Hall–Kier alpha value is -3.41. The maximum atomic E-state index is 12.9. The molecule has 0 aliphatic heterocycles. The molecule has 0 spiro atoms. The van der Waals surface area contributed by atoms with Gasteiger partial charge in [0.2, 0.25) is 5.43 Å². The van der Waals surface area contributed by atoms with Crippen LogP contribution in [0.4, 0.5) is 0 Å². The van der Waals surface area contributed by atoms with E-state index in [0.29, 0.717) is 23.2 Å². The number of rotatable bonds is 5. The van der Waals surface area contributed by atoms with Gasteiger partial charge in [0.25, 0.3) is 0 Å². The van der Waals surface area contributed by atoms with Crippen molar-refractivity contribution in [1.82, 2.24) is 4.57 Å². The first kappa shape index (κ1) is 17.4. The van der Waals surface area contributed by atoms with E-state index in [4.69, 9.17) is 0 Å². The lowest BCUT2D eigenvalue weighted by Crippen LogP contribution is -2.23. The number of para-hydroxylation sites is 1. The zero-order valence-corrected chi connectivity index (χ0v) is 14.1. The van der Waals surface area contributed by atoms with Crippen LogP contribution in [0.2, 0.25) is 0 Å². The van der Waals surface area contributed by atoms with Crippen LogP contribution < -0.4 is 5.43 Å². The number of carbonyl (C=O) groups is 2. The second-order valence-electron chi connectivity index (χ2n) is 5.85. The molecule has 0 radical (unpaired) electrons. The van der Waals surface area contributed by atoms with Crippen LogP contribution in [0.15, 0.2) is 53.3 Å². The first-order valence-electron chi connectivity index (χ1n) is 8.14. The molecule has 1 aromatic heterocycles. The summed E-state index contributed by atoms with van der Waals surface area (Å²) in [6.45, 7) is 2.22. The van der Waals surface area contributed by atoms with Crippen LogP contribution in [-0.2, 0) is 17.8 Å². The van der Waals surface area contributed by atoms with Crippen LogP contribution >= 0.6 is 0 Å². The number of carboxylic acids is 2. The third-order valence-electron chi connectivity index (χ3n) is 4.29. The number of aliphatic carboxylic acids is 1. The Morgan fingerprint density at radius 3 is 2.27 bits per heavy atom. The van der Waals surface area contributed by atoms with Crippen molar-refractivity contribution < 1.29 is 19.8 Å². The highest BCUT2D eigenvalue weighted by Crippen LogP contribution is 2.28. The number of aromatic nitrogens is 1. The summed E-state index contributed by atoms with van der Waals surface area (Å²) in [6.07, 6.45) is -0.253. The quantitative estimate of drug-likeness (QED) is 0.736. The van der Waals surface area contributed by atoms with E-state index in [1.54, 1.807) is 47.0 Å². The minimum Gasteiger partial charge on any atom is -0.481 e. The number of carboxylic acid groups (broad SMARTS) is 2. The number of aromatic carboxylic acids is 1. The smallest absolute Gasteiger partial charge is 0.341 e. The number of pyridine rings is 1. The average Bonchev–Trinajstić information content (AvgIpc) is 2.62. The van der Waals surface area contributed by atoms with Crippen molar-refractivity contribution in [2.75, 3.05) is 0 Å². The van der Waals surface area contributed by atoms with Gasteiger partial charge in [0.15, 0.2) is 0 Å². The molecule has 0 saturated heterocycles.